The van der Waals surface area contributed by atoms with E-state index in [1.165, 1.54) is 21.3 Å². The predicted octanol–water partition coefficient (Wildman–Crippen LogP) is 3.02. The highest BCUT2D eigenvalue weighted by Crippen LogP contribution is 2.19. The molecule has 28 heavy (non-hydrogen) atoms. The Hall–Kier alpha value is -2.77. The van der Waals surface area contributed by atoms with Crippen LogP contribution in [0.25, 0.3) is 17.1 Å². The average Bonchev–Trinajstić information content (AvgIpc) is 3.14. The zero-order valence-electron chi connectivity index (χ0n) is 15.8. The zero-order valence-corrected chi connectivity index (χ0v) is 16.7. The number of hydrogen-bond acceptors (Lipinski definition) is 5. The molecule has 1 saturated heterocycles. The zero-order chi connectivity index (χ0) is 19.7. The molecule has 0 spiro atoms. The van der Waals surface area contributed by atoms with Crippen molar-refractivity contribution in [2.24, 2.45) is 0 Å². The summed E-state index contributed by atoms with van der Waals surface area (Å²) < 4.78 is 6.77. The van der Waals surface area contributed by atoms with Gasteiger partial charge in [0.05, 0.1) is 18.9 Å². The van der Waals surface area contributed by atoms with Crippen LogP contribution in [0.1, 0.15) is 32.1 Å². The lowest BCUT2D eigenvalue weighted by molar-refractivity contribution is 0.0306. The third kappa shape index (κ3) is 3.63. The van der Waals surface area contributed by atoms with Crippen LogP contribution in [0.3, 0.4) is 0 Å². The maximum Gasteiger partial charge on any atom is 0.265 e. The Morgan fingerprint density at radius 1 is 1.21 bits per heavy atom. The van der Waals surface area contributed by atoms with E-state index in [1.807, 2.05) is 37.3 Å². The molecular formula is C21H21N3O3S. The van der Waals surface area contributed by atoms with E-state index in [9.17, 15) is 9.59 Å². The van der Waals surface area contributed by atoms with Gasteiger partial charge in [0, 0.05) is 24.8 Å². The quantitative estimate of drug-likeness (QED) is 0.684. The summed E-state index contributed by atoms with van der Waals surface area (Å²) in [6, 6.07) is 8.12. The second-order valence-corrected chi connectivity index (χ2v) is 7.84. The van der Waals surface area contributed by atoms with Crippen molar-refractivity contribution in [2.75, 3.05) is 26.3 Å². The van der Waals surface area contributed by atoms with Gasteiger partial charge in [-0.25, -0.2) is 4.98 Å². The van der Waals surface area contributed by atoms with Gasteiger partial charge in [-0.2, -0.15) is 0 Å². The first kappa shape index (κ1) is 18.6. The van der Waals surface area contributed by atoms with Crippen molar-refractivity contribution in [3.05, 3.63) is 68.1 Å². The number of benzene rings is 1. The van der Waals surface area contributed by atoms with Gasteiger partial charge >= 0.3 is 0 Å². The first-order chi connectivity index (χ1) is 13.5. The van der Waals surface area contributed by atoms with Crippen LogP contribution in [0, 0.1) is 13.8 Å². The molecule has 0 radical (unpaired) electrons. The summed E-state index contributed by atoms with van der Waals surface area (Å²) in [6.45, 7) is 6.03. The average molecular weight is 395 g/mol. The second-order valence-electron chi connectivity index (χ2n) is 6.83. The largest absolute Gasteiger partial charge is 0.378 e. The topological polar surface area (TPSA) is 63.9 Å². The predicted molar refractivity (Wildman–Crippen MR) is 111 cm³/mol. The number of nitrogens with zero attached hydrogens (tertiary/aromatic N) is 3. The molecule has 1 aliphatic rings. The van der Waals surface area contributed by atoms with Crippen LogP contribution in [0.15, 0.2) is 35.3 Å². The van der Waals surface area contributed by atoms with Gasteiger partial charge in [-0.3, -0.25) is 14.0 Å². The van der Waals surface area contributed by atoms with E-state index in [4.69, 9.17) is 4.74 Å². The van der Waals surface area contributed by atoms with E-state index >= 15 is 0 Å². The summed E-state index contributed by atoms with van der Waals surface area (Å²) in [5.74, 6) is -0.0762. The van der Waals surface area contributed by atoms with Crippen LogP contribution in [0.2, 0.25) is 0 Å². The molecule has 144 valence electrons. The minimum Gasteiger partial charge on any atom is -0.378 e. The lowest BCUT2D eigenvalue weighted by atomic mass is 10.1. The molecular weight excluding hydrogens is 374 g/mol. The lowest BCUT2D eigenvalue weighted by Gasteiger charge is -2.26. The van der Waals surface area contributed by atoms with Gasteiger partial charge in [0.25, 0.3) is 11.5 Å². The first-order valence-corrected chi connectivity index (χ1v) is 9.99. The van der Waals surface area contributed by atoms with Crippen LogP contribution < -0.4 is 5.56 Å². The van der Waals surface area contributed by atoms with Gasteiger partial charge in [-0.05, 0) is 25.5 Å². The molecule has 1 aliphatic heterocycles. The van der Waals surface area contributed by atoms with Crippen molar-refractivity contribution in [1.29, 1.82) is 0 Å². The molecule has 0 saturated carbocycles. The highest BCUT2D eigenvalue weighted by Gasteiger charge is 2.22. The molecule has 1 fully saturated rings. The van der Waals surface area contributed by atoms with Crippen LogP contribution in [-0.4, -0.2) is 46.5 Å². The van der Waals surface area contributed by atoms with Crippen molar-refractivity contribution >= 4 is 34.4 Å². The van der Waals surface area contributed by atoms with E-state index in [1.54, 1.807) is 18.0 Å². The third-order valence-corrected chi connectivity index (χ3v) is 5.75. The second kappa shape index (κ2) is 7.69. The van der Waals surface area contributed by atoms with Crippen LogP contribution in [0.5, 0.6) is 0 Å². The number of ether oxygens (including phenoxy) is 1. The number of aromatic nitrogens is 2. The molecule has 7 heteroatoms. The third-order valence-electron chi connectivity index (χ3n) is 4.78. The fourth-order valence-corrected chi connectivity index (χ4v) is 4.13. The van der Waals surface area contributed by atoms with Crippen LogP contribution >= 0.6 is 11.3 Å². The van der Waals surface area contributed by atoms with E-state index in [-0.39, 0.29) is 11.5 Å². The Kier molecular flexibility index (Phi) is 5.11. The van der Waals surface area contributed by atoms with Crippen molar-refractivity contribution in [3.8, 4) is 0 Å². The van der Waals surface area contributed by atoms with Gasteiger partial charge in [0.1, 0.15) is 4.88 Å². The Bertz CT molecular complexity index is 1120. The molecule has 0 aliphatic carbocycles. The van der Waals surface area contributed by atoms with Crippen molar-refractivity contribution in [2.45, 2.75) is 13.8 Å². The Balaban J connectivity index is 1.69. The molecule has 3 heterocycles. The minimum atomic E-state index is -0.147. The number of rotatable bonds is 3. The summed E-state index contributed by atoms with van der Waals surface area (Å²) in [5.41, 5.74) is 3.26. The fraction of sp³-hybridized carbons (Fsp3) is 0.286. The van der Waals surface area contributed by atoms with Crippen LogP contribution in [-0.2, 0) is 4.74 Å². The SMILES string of the molecule is Cc1cccc(C=Cc2nc3sc(C(=O)N4CCOCC4)cn3c(=O)c2C)c1. The number of carbonyl (C=O) groups excluding carboxylic acids is 1. The van der Waals surface area contributed by atoms with E-state index in [2.05, 4.69) is 11.1 Å². The molecule has 1 amide bonds. The summed E-state index contributed by atoms with van der Waals surface area (Å²) in [7, 11) is 0. The Labute approximate surface area is 166 Å². The summed E-state index contributed by atoms with van der Waals surface area (Å²) in [4.78, 5) is 32.9. The molecule has 0 atom stereocenters. The standard InChI is InChI=1S/C21H21N3O3S/c1-14-4-3-5-16(12-14)6-7-17-15(2)19(25)24-13-18(28-21(24)22-17)20(26)23-8-10-27-11-9-23/h3-7,12-13H,8-11H2,1-2H3. The van der Waals surface area contributed by atoms with E-state index < -0.39 is 0 Å². The van der Waals surface area contributed by atoms with Gasteiger partial charge < -0.3 is 9.64 Å². The summed E-state index contributed by atoms with van der Waals surface area (Å²) in [6.07, 6.45) is 5.41. The number of thiazole rings is 1. The number of fused-ring (bicyclic) bond motifs is 1. The van der Waals surface area contributed by atoms with Crippen LogP contribution in [0.4, 0.5) is 0 Å². The lowest BCUT2D eigenvalue weighted by Crippen LogP contribution is -2.40. The van der Waals surface area contributed by atoms with Gasteiger partial charge in [0.15, 0.2) is 4.96 Å². The summed E-state index contributed by atoms with van der Waals surface area (Å²) >= 11 is 1.25. The number of aryl methyl sites for hydroxylation is 1. The molecule has 1 aromatic carbocycles. The fourth-order valence-electron chi connectivity index (χ4n) is 3.18. The Morgan fingerprint density at radius 3 is 2.75 bits per heavy atom. The van der Waals surface area contributed by atoms with Gasteiger partial charge in [-0.15, -0.1) is 0 Å². The molecule has 6 nitrogen and oxygen atoms in total. The van der Waals surface area contributed by atoms with Crippen molar-refractivity contribution in [1.82, 2.24) is 14.3 Å². The highest BCUT2D eigenvalue weighted by atomic mass is 32.1. The first-order valence-electron chi connectivity index (χ1n) is 9.17. The number of amides is 1. The highest BCUT2D eigenvalue weighted by molar-refractivity contribution is 7.18. The minimum absolute atomic E-state index is 0.0762. The molecule has 3 aromatic rings. The van der Waals surface area contributed by atoms with Gasteiger partial charge in [0.2, 0.25) is 0 Å². The summed E-state index contributed by atoms with van der Waals surface area (Å²) in [5, 5.41) is 0. The maximum absolute atomic E-state index is 12.8. The van der Waals surface area contributed by atoms with Gasteiger partial charge in [-0.1, -0.05) is 47.2 Å². The van der Waals surface area contributed by atoms with Crippen molar-refractivity contribution in [3.63, 3.8) is 0 Å². The monoisotopic (exact) mass is 395 g/mol. The molecule has 2 aromatic heterocycles. The number of hydrogen-bond donors (Lipinski definition) is 0. The van der Waals surface area contributed by atoms with Crippen molar-refractivity contribution < 1.29 is 9.53 Å². The molecule has 0 N–H and O–H groups in total. The molecule has 4 rings (SSSR count). The smallest absolute Gasteiger partial charge is 0.265 e. The Morgan fingerprint density at radius 2 is 2.00 bits per heavy atom. The molecule has 0 unspecified atom stereocenters. The van der Waals surface area contributed by atoms with E-state index in [0.717, 1.165) is 5.56 Å². The van der Waals surface area contributed by atoms with E-state index in [0.29, 0.717) is 47.4 Å². The normalized spacial score (nSPS) is 14.9. The number of morpholine rings is 1. The molecule has 0 bridgehead atoms. The number of carbonyl (C=O) groups is 1. The maximum atomic E-state index is 12.8.